The zero-order valence-electron chi connectivity index (χ0n) is 12.7. The Morgan fingerprint density at radius 3 is 3.05 bits per heavy atom. The molecule has 2 nitrogen and oxygen atoms in total. The van der Waals surface area contributed by atoms with E-state index >= 15 is 0 Å². The molecule has 0 N–H and O–H groups in total. The van der Waals surface area contributed by atoms with Crippen LogP contribution in [-0.2, 0) is 5.41 Å². The van der Waals surface area contributed by atoms with E-state index in [1.54, 1.807) is 7.11 Å². The predicted octanol–water partition coefficient (Wildman–Crippen LogP) is 3.62. The van der Waals surface area contributed by atoms with Crippen LogP contribution in [0.15, 0.2) is 36.4 Å². The van der Waals surface area contributed by atoms with Crippen molar-refractivity contribution in [3.8, 4) is 5.75 Å². The molecule has 1 aliphatic carbocycles. The van der Waals surface area contributed by atoms with Gasteiger partial charge in [-0.3, -0.25) is 0 Å². The molecular formula is C18H25NO. The Bertz CT molecular complexity index is 510. The van der Waals surface area contributed by atoms with Crippen molar-refractivity contribution in [1.29, 1.82) is 0 Å². The van der Waals surface area contributed by atoms with E-state index in [-0.39, 0.29) is 5.41 Å². The fourth-order valence-corrected chi connectivity index (χ4v) is 4.16. The second-order valence-corrected chi connectivity index (χ2v) is 6.56. The molecule has 2 fully saturated rings. The number of hydrogen-bond donors (Lipinski definition) is 0. The maximum Gasteiger partial charge on any atom is 0.119 e. The number of benzene rings is 1. The summed E-state index contributed by atoms with van der Waals surface area (Å²) in [5.74, 6) is 1.73. The second-order valence-electron chi connectivity index (χ2n) is 6.56. The molecule has 1 saturated heterocycles. The summed E-state index contributed by atoms with van der Waals surface area (Å²) in [6.07, 6.45) is 4.86. The van der Waals surface area contributed by atoms with Crippen LogP contribution in [0.25, 0.3) is 0 Å². The first-order chi connectivity index (χ1) is 9.64. The minimum atomic E-state index is 0.288. The number of methoxy groups -OCH3 is 1. The monoisotopic (exact) mass is 271 g/mol. The lowest BCUT2D eigenvalue weighted by Crippen LogP contribution is -2.50. The summed E-state index contributed by atoms with van der Waals surface area (Å²) >= 11 is 0. The topological polar surface area (TPSA) is 12.5 Å². The molecule has 0 radical (unpaired) electrons. The van der Waals surface area contributed by atoms with Crippen LogP contribution in [0.3, 0.4) is 0 Å². The Balaban J connectivity index is 2.01. The molecule has 1 aromatic carbocycles. The molecule has 1 aromatic rings. The van der Waals surface area contributed by atoms with E-state index < -0.39 is 0 Å². The van der Waals surface area contributed by atoms with E-state index in [0.29, 0.717) is 0 Å². The number of hydrogen-bond acceptors (Lipinski definition) is 2. The molecule has 108 valence electrons. The largest absolute Gasteiger partial charge is 0.497 e. The number of nitrogens with zero attached hydrogens (tertiary/aromatic N) is 1. The lowest BCUT2D eigenvalue weighted by atomic mass is 9.58. The van der Waals surface area contributed by atoms with Crippen LogP contribution in [0, 0.1) is 5.92 Å². The highest BCUT2D eigenvalue weighted by Gasteiger charge is 2.45. The van der Waals surface area contributed by atoms with Crippen molar-refractivity contribution >= 4 is 0 Å². The molecule has 2 heteroatoms. The van der Waals surface area contributed by atoms with Gasteiger partial charge < -0.3 is 9.64 Å². The molecule has 0 unspecified atom stereocenters. The Kier molecular flexibility index (Phi) is 3.59. The molecule has 1 aliphatic heterocycles. The second kappa shape index (κ2) is 5.25. The number of ether oxygens (including phenoxy) is 1. The first kappa shape index (κ1) is 13.7. The number of allylic oxidation sites excluding steroid dienone is 1. The van der Waals surface area contributed by atoms with Gasteiger partial charge in [0.1, 0.15) is 5.75 Å². The summed E-state index contributed by atoms with van der Waals surface area (Å²) in [5.41, 5.74) is 3.17. The van der Waals surface area contributed by atoms with Crippen LogP contribution in [0.2, 0.25) is 0 Å². The van der Waals surface area contributed by atoms with E-state index in [1.165, 1.54) is 43.5 Å². The third-order valence-corrected chi connectivity index (χ3v) is 5.31. The van der Waals surface area contributed by atoms with Crippen LogP contribution < -0.4 is 4.74 Å². The molecule has 2 atom stereocenters. The highest BCUT2D eigenvalue weighted by molar-refractivity contribution is 5.37. The highest BCUT2D eigenvalue weighted by atomic mass is 16.5. The molecule has 0 spiro atoms. The minimum absolute atomic E-state index is 0.288. The van der Waals surface area contributed by atoms with E-state index in [9.17, 15) is 0 Å². The normalized spacial score (nSPS) is 30.9. The SMILES string of the molecule is C=C1CC[C@@H]2CN(C)CC[C@]2(c2cccc(OC)c2)C1. The molecule has 20 heavy (non-hydrogen) atoms. The van der Waals surface area contributed by atoms with Crippen molar-refractivity contribution in [2.24, 2.45) is 5.92 Å². The van der Waals surface area contributed by atoms with Crippen LogP contribution in [-0.4, -0.2) is 32.1 Å². The zero-order chi connectivity index (χ0) is 14.2. The summed E-state index contributed by atoms with van der Waals surface area (Å²) < 4.78 is 5.44. The van der Waals surface area contributed by atoms with Crippen LogP contribution in [0.5, 0.6) is 5.75 Å². The average Bonchev–Trinajstić information content (AvgIpc) is 2.47. The Morgan fingerprint density at radius 2 is 2.25 bits per heavy atom. The molecule has 0 amide bonds. The van der Waals surface area contributed by atoms with E-state index in [1.807, 2.05) is 6.07 Å². The Morgan fingerprint density at radius 1 is 1.40 bits per heavy atom. The van der Waals surface area contributed by atoms with Crippen molar-refractivity contribution in [3.63, 3.8) is 0 Å². The van der Waals surface area contributed by atoms with E-state index in [2.05, 4.69) is 36.7 Å². The fraction of sp³-hybridized carbons (Fsp3) is 0.556. The van der Waals surface area contributed by atoms with Gasteiger partial charge in [0.25, 0.3) is 0 Å². The molecule has 2 aliphatic rings. The summed E-state index contributed by atoms with van der Waals surface area (Å²) in [6.45, 7) is 6.69. The quantitative estimate of drug-likeness (QED) is 0.762. The third-order valence-electron chi connectivity index (χ3n) is 5.31. The van der Waals surface area contributed by atoms with Gasteiger partial charge in [-0.1, -0.05) is 24.3 Å². The van der Waals surface area contributed by atoms with E-state index in [4.69, 9.17) is 4.74 Å². The lowest BCUT2D eigenvalue weighted by molar-refractivity contribution is 0.0877. The number of rotatable bonds is 2. The molecular weight excluding hydrogens is 246 g/mol. The van der Waals surface area contributed by atoms with Gasteiger partial charge in [-0.25, -0.2) is 0 Å². The maximum atomic E-state index is 5.44. The van der Waals surface area contributed by atoms with Crippen LogP contribution in [0.1, 0.15) is 31.2 Å². The predicted molar refractivity (Wildman–Crippen MR) is 83.3 cm³/mol. The highest BCUT2D eigenvalue weighted by Crippen LogP contribution is 2.50. The summed E-state index contributed by atoms with van der Waals surface area (Å²) in [7, 11) is 4.00. The van der Waals surface area contributed by atoms with Gasteiger partial charge in [-0.15, -0.1) is 0 Å². The molecule has 0 aromatic heterocycles. The number of piperidine rings is 1. The Labute approximate surface area is 122 Å². The first-order valence-electron chi connectivity index (χ1n) is 7.64. The molecule has 1 heterocycles. The van der Waals surface area contributed by atoms with Crippen LogP contribution in [0.4, 0.5) is 0 Å². The zero-order valence-corrected chi connectivity index (χ0v) is 12.7. The van der Waals surface area contributed by atoms with Gasteiger partial charge in [0.2, 0.25) is 0 Å². The van der Waals surface area contributed by atoms with Crippen LogP contribution >= 0.6 is 0 Å². The third kappa shape index (κ3) is 2.26. The summed E-state index contributed by atoms with van der Waals surface area (Å²) in [6, 6.07) is 8.72. The van der Waals surface area contributed by atoms with Crippen molar-refractivity contribution in [3.05, 3.63) is 42.0 Å². The van der Waals surface area contributed by atoms with Crippen molar-refractivity contribution in [2.45, 2.75) is 31.1 Å². The minimum Gasteiger partial charge on any atom is -0.497 e. The van der Waals surface area contributed by atoms with Crippen molar-refractivity contribution < 1.29 is 4.74 Å². The van der Waals surface area contributed by atoms with Crippen molar-refractivity contribution in [1.82, 2.24) is 4.90 Å². The standard InChI is InChI=1S/C18H25NO/c1-14-7-8-16-13-19(2)10-9-18(16,12-14)15-5-4-6-17(11-15)20-3/h4-6,11,16H,1,7-10,12-13H2,2-3H3/t16-,18-/m1/s1. The van der Waals surface area contributed by atoms with Gasteiger partial charge in [0.15, 0.2) is 0 Å². The molecule has 3 rings (SSSR count). The summed E-state index contributed by atoms with van der Waals surface area (Å²) in [4.78, 5) is 2.48. The van der Waals surface area contributed by atoms with Gasteiger partial charge in [-0.2, -0.15) is 0 Å². The fourth-order valence-electron chi connectivity index (χ4n) is 4.16. The van der Waals surface area contributed by atoms with Gasteiger partial charge in [0, 0.05) is 12.0 Å². The smallest absolute Gasteiger partial charge is 0.119 e. The summed E-state index contributed by atoms with van der Waals surface area (Å²) in [5, 5.41) is 0. The maximum absolute atomic E-state index is 5.44. The number of likely N-dealkylation sites (tertiary alicyclic amines) is 1. The molecule has 0 bridgehead atoms. The number of fused-ring (bicyclic) bond motifs is 1. The lowest BCUT2D eigenvalue weighted by Gasteiger charge is -2.51. The van der Waals surface area contributed by atoms with Crippen molar-refractivity contribution in [2.75, 3.05) is 27.2 Å². The molecule has 1 saturated carbocycles. The first-order valence-corrected chi connectivity index (χ1v) is 7.64. The van der Waals surface area contributed by atoms with Gasteiger partial charge >= 0.3 is 0 Å². The van der Waals surface area contributed by atoms with Gasteiger partial charge in [-0.05, 0) is 62.9 Å². The average molecular weight is 271 g/mol. The van der Waals surface area contributed by atoms with Gasteiger partial charge in [0.05, 0.1) is 7.11 Å². The van der Waals surface area contributed by atoms with E-state index in [0.717, 1.165) is 18.1 Å². The Hall–Kier alpha value is -1.28.